The zero-order valence-electron chi connectivity index (χ0n) is 11.5. The first kappa shape index (κ1) is 17.1. The molecule has 0 saturated carbocycles. The van der Waals surface area contributed by atoms with Gasteiger partial charge in [-0.25, -0.2) is 0 Å². The van der Waals surface area contributed by atoms with E-state index < -0.39 is 8.56 Å². The van der Waals surface area contributed by atoms with E-state index in [1.807, 2.05) is 0 Å². The smallest absolute Gasteiger partial charge is 0.335 e. The van der Waals surface area contributed by atoms with Crippen LogP contribution in [0.5, 0.6) is 0 Å². The molecule has 5 heteroatoms. The number of nitrogens with two attached hydrogens (primary N) is 2. The third-order valence-corrected chi connectivity index (χ3v) is 6.06. The Morgan fingerprint density at radius 3 is 1.88 bits per heavy atom. The molecule has 0 radical (unpaired) electrons. The molecule has 0 bridgehead atoms. The fourth-order valence-corrected chi connectivity index (χ4v) is 3.59. The molecule has 4 N–H and O–H groups in total. The molecule has 0 aliphatic rings. The van der Waals surface area contributed by atoms with Gasteiger partial charge < -0.3 is 20.3 Å². The van der Waals surface area contributed by atoms with Gasteiger partial charge in [0.25, 0.3) is 0 Å². The van der Waals surface area contributed by atoms with Crippen LogP contribution in [0.1, 0.15) is 44.9 Å². The Balaban J connectivity index is 3.37. The predicted molar refractivity (Wildman–Crippen MR) is 74.9 cm³/mol. The molecule has 0 amide bonds. The lowest BCUT2D eigenvalue weighted by Crippen LogP contribution is -2.39. The van der Waals surface area contributed by atoms with Gasteiger partial charge >= 0.3 is 8.56 Å². The van der Waals surface area contributed by atoms with Gasteiger partial charge in [-0.15, -0.1) is 0 Å². The van der Waals surface area contributed by atoms with Crippen molar-refractivity contribution in [3.05, 3.63) is 0 Å². The van der Waals surface area contributed by atoms with Crippen molar-refractivity contribution in [2.75, 3.05) is 20.4 Å². The predicted octanol–water partition coefficient (Wildman–Crippen LogP) is 2.33. The highest BCUT2D eigenvalue weighted by molar-refractivity contribution is 6.65. The van der Waals surface area contributed by atoms with Gasteiger partial charge in [-0.1, -0.05) is 38.5 Å². The van der Waals surface area contributed by atoms with E-state index in [0.717, 1.165) is 12.6 Å². The minimum Gasteiger partial charge on any atom is -0.398 e. The van der Waals surface area contributed by atoms with Crippen LogP contribution in [0.4, 0.5) is 0 Å². The number of rotatable bonds is 12. The lowest BCUT2D eigenvalue weighted by Gasteiger charge is -2.24. The van der Waals surface area contributed by atoms with Crippen molar-refractivity contribution in [2.24, 2.45) is 11.5 Å². The van der Waals surface area contributed by atoms with E-state index in [1.54, 1.807) is 7.11 Å². The maximum Gasteiger partial charge on any atom is 0.335 e. The minimum atomic E-state index is -1.95. The molecule has 0 rings (SSSR count). The second-order valence-electron chi connectivity index (χ2n) is 4.66. The summed E-state index contributed by atoms with van der Waals surface area (Å²) in [5.74, 6) is 0. The summed E-state index contributed by atoms with van der Waals surface area (Å²) in [7, 11) is -0.215. The van der Waals surface area contributed by atoms with E-state index in [1.165, 1.54) is 44.9 Å². The molecule has 4 nitrogen and oxygen atoms in total. The Hall–Kier alpha value is 0.0569. The van der Waals surface area contributed by atoms with Gasteiger partial charge in [-0.05, 0) is 25.6 Å². The summed E-state index contributed by atoms with van der Waals surface area (Å²) >= 11 is 0. The Morgan fingerprint density at radius 1 is 0.882 bits per heavy atom. The van der Waals surface area contributed by atoms with Crippen LogP contribution in [-0.4, -0.2) is 28.9 Å². The Kier molecular flexibility index (Phi) is 11.2. The van der Waals surface area contributed by atoms with E-state index in [0.29, 0.717) is 0 Å². The first-order valence-electron chi connectivity index (χ1n) is 6.78. The van der Waals surface area contributed by atoms with Gasteiger partial charge in [-0.3, -0.25) is 0 Å². The molecule has 0 heterocycles. The van der Waals surface area contributed by atoms with Crippen molar-refractivity contribution >= 4 is 8.56 Å². The standard InChI is InChI=1S/C12H30N2O2Si/c1-15-17(2,16-12-14)11-9-7-5-3-4-6-8-10-13/h3-14H2,1-2H3. The van der Waals surface area contributed by atoms with Crippen molar-refractivity contribution in [2.45, 2.75) is 57.5 Å². The first-order chi connectivity index (χ1) is 8.18. The van der Waals surface area contributed by atoms with Gasteiger partial charge in [0.1, 0.15) is 0 Å². The van der Waals surface area contributed by atoms with Gasteiger partial charge in [0.2, 0.25) is 0 Å². The molecule has 0 aromatic carbocycles. The minimum absolute atomic E-state index is 0.273. The first-order valence-corrected chi connectivity index (χ1v) is 9.30. The third-order valence-electron chi connectivity index (χ3n) is 3.16. The maximum atomic E-state index is 5.52. The number of hydrogen-bond acceptors (Lipinski definition) is 4. The molecular formula is C12H30N2O2Si. The molecule has 0 aromatic heterocycles. The quantitative estimate of drug-likeness (QED) is 0.322. The van der Waals surface area contributed by atoms with Gasteiger partial charge in [-0.2, -0.15) is 0 Å². The molecule has 1 atom stereocenters. The molecule has 17 heavy (non-hydrogen) atoms. The Bertz CT molecular complexity index is 173. The lowest BCUT2D eigenvalue weighted by atomic mass is 10.1. The van der Waals surface area contributed by atoms with Gasteiger partial charge in [0, 0.05) is 7.11 Å². The van der Waals surface area contributed by atoms with Crippen LogP contribution < -0.4 is 11.5 Å². The highest BCUT2D eigenvalue weighted by atomic mass is 28.4. The SMILES string of the molecule is CO[Si](C)(CCCCCCCCCN)OCN. The second-order valence-corrected chi connectivity index (χ2v) is 8.13. The number of unbranched alkanes of at least 4 members (excludes halogenated alkanes) is 6. The van der Waals surface area contributed by atoms with Crippen LogP contribution >= 0.6 is 0 Å². The molecule has 1 unspecified atom stereocenters. The van der Waals surface area contributed by atoms with Crippen LogP contribution in [0.3, 0.4) is 0 Å². The van der Waals surface area contributed by atoms with Crippen LogP contribution in [0.15, 0.2) is 0 Å². The molecule has 0 spiro atoms. The third kappa shape index (κ3) is 9.73. The normalized spacial score (nSPS) is 14.8. The summed E-state index contributed by atoms with van der Waals surface area (Å²) in [6, 6.07) is 1.05. The van der Waals surface area contributed by atoms with Crippen molar-refractivity contribution in [1.82, 2.24) is 0 Å². The molecule has 0 aliphatic heterocycles. The molecule has 104 valence electrons. The maximum absolute atomic E-state index is 5.52. The zero-order chi connectivity index (χ0) is 13.0. The molecule has 0 aromatic rings. The van der Waals surface area contributed by atoms with Gasteiger partial charge in [0.05, 0.1) is 6.73 Å². The van der Waals surface area contributed by atoms with Crippen LogP contribution in [0.2, 0.25) is 12.6 Å². The fourth-order valence-electron chi connectivity index (χ4n) is 1.88. The summed E-state index contributed by atoms with van der Waals surface area (Å²) in [6.07, 6.45) is 8.84. The Morgan fingerprint density at radius 2 is 1.41 bits per heavy atom. The highest BCUT2D eigenvalue weighted by Crippen LogP contribution is 2.17. The van der Waals surface area contributed by atoms with Crippen LogP contribution in [0.25, 0.3) is 0 Å². The molecule has 0 aliphatic carbocycles. The van der Waals surface area contributed by atoms with E-state index in [4.69, 9.17) is 20.3 Å². The monoisotopic (exact) mass is 262 g/mol. The van der Waals surface area contributed by atoms with Crippen molar-refractivity contribution < 1.29 is 8.85 Å². The average Bonchev–Trinajstić information content (AvgIpc) is 2.33. The van der Waals surface area contributed by atoms with E-state index >= 15 is 0 Å². The van der Waals surface area contributed by atoms with Crippen molar-refractivity contribution in [3.63, 3.8) is 0 Å². The number of hydrogen-bond donors (Lipinski definition) is 2. The fraction of sp³-hybridized carbons (Fsp3) is 1.00. The molecule has 0 fully saturated rings. The van der Waals surface area contributed by atoms with Crippen LogP contribution in [0, 0.1) is 0 Å². The van der Waals surface area contributed by atoms with Gasteiger partial charge in [0.15, 0.2) is 0 Å². The highest BCUT2D eigenvalue weighted by Gasteiger charge is 2.28. The summed E-state index contributed by atoms with van der Waals surface area (Å²) in [5, 5.41) is 0. The molecule has 0 saturated heterocycles. The second kappa shape index (κ2) is 11.2. The lowest BCUT2D eigenvalue weighted by molar-refractivity contribution is 0.209. The molecular weight excluding hydrogens is 232 g/mol. The van der Waals surface area contributed by atoms with E-state index in [2.05, 4.69) is 6.55 Å². The van der Waals surface area contributed by atoms with Crippen molar-refractivity contribution in [1.29, 1.82) is 0 Å². The summed E-state index contributed by atoms with van der Waals surface area (Å²) in [5.41, 5.74) is 10.9. The van der Waals surface area contributed by atoms with Crippen LogP contribution in [-0.2, 0) is 8.85 Å². The van der Waals surface area contributed by atoms with E-state index in [9.17, 15) is 0 Å². The average molecular weight is 262 g/mol. The summed E-state index contributed by atoms with van der Waals surface area (Å²) < 4.78 is 11.0. The zero-order valence-corrected chi connectivity index (χ0v) is 12.5. The summed E-state index contributed by atoms with van der Waals surface area (Å²) in [4.78, 5) is 0. The summed E-state index contributed by atoms with van der Waals surface area (Å²) in [6.45, 7) is 3.19. The Labute approximate surface area is 107 Å². The van der Waals surface area contributed by atoms with E-state index in [-0.39, 0.29) is 6.73 Å². The topological polar surface area (TPSA) is 70.5 Å². The van der Waals surface area contributed by atoms with Crippen molar-refractivity contribution in [3.8, 4) is 0 Å². The largest absolute Gasteiger partial charge is 0.398 e.